The van der Waals surface area contributed by atoms with Crippen LogP contribution in [-0.2, 0) is 4.79 Å². The molecule has 6 heteroatoms. The Morgan fingerprint density at radius 3 is 2.47 bits per heavy atom. The fourth-order valence-electron chi connectivity index (χ4n) is 1.73. The molecule has 1 heterocycles. The molecule has 0 saturated heterocycles. The Kier molecular flexibility index (Phi) is 4.86. The topological polar surface area (TPSA) is 90.5 Å². The van der Waals surface area contributed by atoms with Crippen LogP contribution < -0.4 is 5.56 Å². The van der Waals surface area contributed by atoms with Crippen LogP contribution in [0.4, 0.5) is 0 Å². The first kappa shape index (κ1) is 14.9. The number of rotatable bonds is 5. The SMILES string of the molecule is Cc1ccc(C(=O)N(CC(=O)O)CC(C)C)c(=O)[nH]1. The predicted molar refractivity (Wildman–Crippen MR) is 70.2 cm³/mol. The molecule has 0 aromatic carbocycles. The van der Waals surface area contributed by atoms with Crippen molar-refractivity contribution in [1.29, 1.82) is 0 Å². The van der Waals surface area contributed by atoms with Gasteiger partial charge >= 0.3 is 5.97 Å². The lowest BCUT2D eigenvalue weighted by Gasteiger charge is -2.22. The molecule has 1 amide bonds. The van der Waals surface area contributed by atoms with E-state index < -0.39 is 24.0 Å². The van der Waals surface area contributed by atoms with Crippen molar-refractivity contribution in [2.45, 2.75) is 20.8 Å². The number of pyridine rings is 1. The highest BCUT2D eigenvalue weighted by Crippen LogP contribution is 2.05. The fraction of sp³-hybridized carbons (Fsp3) is 0.462. The summed E-state index contributed by atoms with van der Waals surface area (Å²) < 4.78 is 0. The standard InChI is InChI=1S/C13H18N2O4/c1-8(2)6-15(7-11(16)17)13(19)10-5-4-9(3)14-12(10)18/h4-5,8H,6-7H2,1-3H3,(H,14,18)(H,16,17). The number of carbonyl (C=O) groups excluding carboxylic acids is 1. The fourth-order valence-corrected chi connectivity index (χ4v) is 1.73. The van der Waals surface area contributed by atoms with Crippen molar-refractivity contribution in [2.24, 2.45) is 5.92 Å². The molecule has 0 bridgehead atoms. The highest BCUT2D eigenvalue weighted by molar-refractivity contribution is 5.95. The number of carboxylic acid groups (broad SMARTS) is 1. The molecule has 6 nitrogen and oxygen atoms in total. The molecule has 0 fully saturated rings. The Balaban J connectivity index is 3.04. The number of hydrogen-bond acceptors (Lipinski definition) is 3. The quantitative estimate of drug-likeness (QED) is 0.827. The Labute approximate surface area is 111 Å². The zero-order valence-corrected chi connectivity index (χ0v) is 11.3. The van der Waals surface area contributed by atoms with Crippen LogP contribution in [0.1, 0.15) is 29.9 Å². The second-order valence-corrected chi connectivity index (χ2v) is 4.86. The van der Waals surface area contributed by atoms with Crippen molar-refractivity contribution in [3.05, 3.63) is 33.7 Å². The Bertz CT molecular complexity index is 534. The molecule has 0 spiro atoms. The van der Waals surface area contributed by atoms with Crippen molar-refractivity contribution in [3.63, 3.8) is 0 Å². The van der Waals surface area contributed by atoms with Crippen LogP contribution in [0.2, 0.25) is 0 Å². The number of H-pyrrole nitrogens is 1. The third-order valence-corrected chi connectivity index (χ3v) is 2.48. The summed E-state index contributed by atoms with van der Waals surface area (Å²) in [6.45, 7) is 5.34. The number of nitrogens with one attached hydrogen (secondary N) is 1. The molecule has 1 aromatic heterocycles. The monoisotopic (exact) mass is 266 g/mol. The van der Waals surface area contributed by atoms with Crippen LogP contribution in [-0.4, -0.2) is 40.0 Å². The van der Waals surface area contributed by atoms with Gasteiger partial charge in [-0.15, -0.1) is 0 Å². The van der Waals surface area contributed by atoms with Crippen LogP contribution in [0.5, 0.6) is 0 Å². The molecule has 0 saturated carbocycles. The van der Waals surface area contributed by atoms with E-state index >= 15 is 0 Å². The molecule has 0 unspecified atom stereocenters. The number of aromatic amines is 1. The van der Waals surface area contributed by atoms with Gasteiger partial charge in [0.15, 0.2) is 0 Å². The van der Waals surface area contributed by atoms with Crippen LogP contribution >= 0.6 is 0 Å². The van der Waals surface area contributed by atoms with Gasteiger partial charge in [-0.1, -0.05) is 13.8 Å². The highest BCUT2D eigenvalue weighted by atomic mass is 16.4. The first-order chi connectivity index (χ1) is 8.81. The molecule has 0 atom stereocenters. The summed E-state index contributed by atoms with van der Waals surface area (Å²) >= 11 is 0. The van der Waals surface area contributed by atoms with Crippen molar-refractivity contribution >= 4 is 11.9 Å². The molecule has 0 radical (unpaired) electrons. The van der Waals surface area contributed by atoms with Gasteiger partial charge in [-0.2, -0.15) is 0 Å². The van der Waals surface area contributed by atoms with Crippen molar-refractivity contribution in [1.82, 2.24) is 9.88 Å². The van der Waals surface area contributed by atoms with E-state index in [4.69, 9.17) is 5.11 Å². The van der Waals surface area contributed by atoms with Gasteiger partial charge in [0.1, 0.15) is 12.1 Å². The number of carboxylic acids is 1. The van der Waals surface area contributed by atoms with E-state index in [-0.39, 0.29) is 11.5 Å². The molecular formula is C13H18N2O4. The van der Waals surface area contributed by atoms with E-state index in [2.05, 4.69) is 4.98 Å². The lowest BCUT2D eigenvalue weighted by atomic mass is 10.1. The first-order valence-corrected chi connectivity index (χ1v) is 6.02. The van der Waals surface area contributed by atoms with Crippen LogP contribution in [0.25, 0.3) is 0 Å². The Morgan fingerprint density at radius 1 is 1.37 bits per heavy atom. The molecule has 1 aromatic rings. The first-order valence-electron chi connectivity index (χ1n) is 6.02. The van der Waals surface area contributed by atoms with E-state index in [1.165, 1.54) is 11.0 Å². The maximum absolute atomic E-state index is 12.2. The van der Waals surface area contributed by atoms with Gasteiger partial charge in [0.2, 0.25) is 0 Å². The average molecular weight is 266 g/mol. The lowest BCUT2D eigenvalue weighted by molar-refractivity contribution is -0.137. The molecule has 104 valence electrons. The van der Waals surface area contributed by atoms with Gasteiger partial charge in [-0.3, -0.25) is 14.4 Å². The summed E-state index contributed by atoms with van der Waals surface area (Å²) in [5.74, 6) is -1.54. The molecular weight excluding hydrogens is 248 g/mol. The number of aromatic nitrogens is 1. The third-order valence-electron chi connectivity index (χ3n) is 2.48. The van der Waals surface area contributed by atoms with Gasteiger partial charge < -0.3 is 15.0 Å². The van der Waals surface area contributed by atoms with Gasteiger partial charge in [0, 0.05) is 12.2 Å². The predicted octanol–water partition coefficient (Wildman–Crippen LogP) is 0.866. The molecule has 1 rings (SSSR count). The number of amides is 1. The third kappa shape index (κ3) is 4.24. The summed E-state index contributed by atoms with van der Waals surface area (Å²) in [5, 5.41) is 8.83. The van der Waals surface area contributed by atoms with Crippen LogP contribution in [0, 0.1) is 12.8 Å². The number of aliphatic carboxylic acids is 1. The summed E-state index contributed by atoms with van der Waals surface area (Å²) in [4.78, 5) is 38.4. The van der Waals surface area contributed by atoms with Crippen LogP contribution in [0.3, 0.4) is 0 Å². The summed E-state index contributed by atoms with van der Waals surface area (Å²) in [6, 6.07) is 3.04. The summed E-state index contributed by atoms with van der Waals surface area (Å²) in [5.41, 5.74) is 0.117. The smallest absolute Gasteiger partial charge is 0.323 e. The van der Waals surface area contributed by atoms with E-state index in [1.807, 2.05) is 13.8 Å². The minimum Gasteiger partial charge on any atom is -0.480 e. The second-order valence-electron chi connectivity index (χ2n) is 4.86. The molecule has 19 heavy (non-hydrogen) atoms. The van der Waals surface area contributed by atoms with E-state index in [0.29, 0.717) is 12.2 Å². The zero-order chi connectivity index (χ0) is 14.6. The zero-order valence-electron chi connectivity index (χ0n) is 11.3. The normalized spacial score (nSPS) is 10.5. The average Bonchev–Trinajstić information content (AvgIpc) is 2.26. The number of aryl methyl sites for hydroxylation is 1. The molecule has 0 aliphatic heterocycles. The largest absolute Gasteiger partial charge is 0.480 e. The van der Waals surface area contributed by atoms with Gasteiger partial charge in [0.05, 0.1) is 0 Å². The van der Waals surface area contributed by atoms with Crippen molar-refractivity contribution in [2.75, 3.05) is 13.1 Å². The summed E-state index contributed by atoms with van der Waals surface area (Å²) in [7, 11) is 0. The second kappa shape index (κ2) is 6.17. The van der Waals surface area contributed by atoms with E-state index in [1.54, 1.807) is 13.0 Å². The number of hydrogen-bond donors (Lipinski definition) is 2. The minimum atomic E-state index is -1.10. The van der Waals surface area contributed by atoms with E-state index in [0.717, 1.165) is 0 Å². The molecule has 0 aliphatic carbocycles. The highest BCUT2D eigenvalue weighted by Gasteiger charge is 2.21. The number of carbonyl (C=O) groups is 2. The maximum Gasteiger partial charge on any atom is 0.323 e. The lowest BCUT2D eigenvalue weighted by Crippen LogP contribution is -2.40. The Hall–Kier alpha value is -2.11. The molecule has 2 N–H and O–H groups in total. The molecule has 0 aliphatic rings. The number of nitrogens with zero attached hydrogens (tertiary/aromatic N) is 1. The van der Waals surface area contributed by atoms with Crippen molar-refractivity contribution in [3.8, 4) is 0 Å². The van der Waals surface area contributed by atoms with E-state index in [9.17, 15) is 14.4 Å². The Morgan fingerprint density at radius 2 is 2.00 bits per heavy atom. The van der Waals surface area contributed by atoms with Gasteiger partial charge in [-0.05, 0) is 25.0 Å². The minimum absolute atomic E-state index is 0.0347. The maximum atomic E-state index is 12.2. The van der Waals surface area contributed by atoms with Gasteiger partial charge in [-0.25, -0.2) is 0 Å². The summed E-state index contributed by atoms with van der Waals surface area (Å²) in [6.07, 6.45) is 0. The van der Waals surface area contributed by atoms with Gasteiger partial charge in [0.25, 0.3) is 11.5 Å². The van der Waals surface area contributed by atoms with Crippen LogP contribution in [0.15, 0.2) is 16.9 Å². The van der Waals surface area contributed by atoms with Crippen molar-refractivity contribution < 1.29 is 14.7 Å².